The summed E-state index contributed by atoms with van der Waals surface area (Å²) >= 11 is 2.54. The fraction of sp³-hybridized carbons (Fsp3) is 0.200. The van der Waals surface area contributed by atoms with Crippen LogP contribution in [0.25, 0.3) is 10.7 Å². The molecule has 0 bridgehead atoms. The van der Waals surface area contributed by atoms with Gasteiger partial charge in [-0.15, -0.1) is 21.5 Å². The molecule has 0 fully saturated rings. The number of benzene rings is 1. The summed E-state index contributed by atoms with van der Waals surface area (Å²) in [7, 11) is 1.61. The van der Waals surface area contributed by atoms with Crippen LogP contribution in [0.2, 0.25) is 0 Å². The van der Waals surface area contributed by atoms with E-state index in [4.69, 9.17) is 0 Å². The maximum absolute atomic E-state index is 13.0. The summed E-state index contributed by atoms with van der Waals surface area (Å²) in [5, 5.41) is 20.8. The van der Waals surface area contributed by atoms with Crippen LogP contribution in [0.3, 0.4) is 0 Å². The van der Waals surface area contributed by atoms with Crippen molar-refractivity contribution < 1.29 is 14.3 Å². The Morgan fingerprint density at radius 2 is 2.00 bits per heavy atom. The van der Waals surface area contributed by atoms with Crippen molar-refractivity contribution in [2.75, 3.05) is 11.9 Å². The highest BCUT2D eigenvalue weighted by Gasteiger charge is 2.19. The molecule has 1 N–H and O–H groups in total. The number of hydrogen-bond acceptors (Lipinski definition) is 7. The zero-order valence-corrected chi connectivity index (χ0v) is 14.4. The average Bonchev–Trinajstić information content (AvgIpc) is 3.23. The molecule has 9 heteroatoms. The van der Waals surface area contributed by atoms with E-state index in [1.807, 2.05) is 0 Å². The lowest BCUT2D eigenvalue weighted by Gasteiger charge is -2.13. The lowest BCUT2D eigenvalue weighted by atomic mass is 10.2. The Bertz CT molecular complexity index is 860. The van der Waals surface area contributed by atoms with Gasteiger partial charge < -0.3 is 5.11 Å². The fourth-order valence-corrected chi connectivity index (χ4v) is 3.49. The molecule has 0 aliphatic carbocycles. The van der Waals surface area contributed by atoms with Crippen molar-refractivity contribution in [1.82, 2.24) is 15.2 Å². The molecule has 0 aliphatic rings. The van der Waals surface area contributed by atoms with Crippen LogP contribution in [0.4, 0.5) is 9.52 Å². The van der Waals surface area contributed by atoms with Crippen LogP contribution in [-0.4, -0.2) is 33.2 Å². The fourth-order valence-electron chi connectivity index (χ4n) is 1.90. The Kier molecular flexibility index (Phi) is 4.65. The molecule has 124 valence electrons. The van der Waals surface area contributed by atoms with E-state index in [0.717, 1.165) is 0 Å². The van der Waals surface area contributed by atoms with Crippen LogP contribution in [0.1, 0.15) is 28.4 Å². The van der Waals surface area contributed by atoms with Gasteiger partial charge in [0.25, 0.3) is 5.91 Å². The lowest BCUT2D eigenvalue weighted by molar-refractivity contribution is 0.0993. The Hall–Kier alpha value is -2.23. The maximum Gasteiger partial charge on any atom is 0.259 e. The van der Waals surface area contributed by atoms with E-state index < -0.39 is 11.9 Å². The second kappa shape index (κ2) is 6.71. The van der Waals surface area contributed by atoms with Crippen molar-refractivity contribution in [3.63, 3.8) is 0 Å². The Labute approximate surface area is 145 Å². The number of aliphatic hydroxyl groups excluding tert-OH is 1. The van der Waals surface area contributed by atoms with Crippen molar-refractivity contribution in [2.24, 2.45) is 0 Å². The third-order valence-electron chi connectivity index (χ3n) is 3.19. The molecule has 6 nitrogen and oxygen atoms in total. The number of hydrogen-bond donors (Lipinski definition) is 1. The standard InChI is InChI=1S/C15H13FN4O2S2/c1-8(21)12-18-19-13(24-12)11-7-23-15(17-11)20(2)14(22)9-3-5-10(16)6-4-9/h3-8,21H,1-2H3/t8-/m0/s1. The smallest absolute Gasteiger partial charge is 0.259 e. The van der Waals surface area contributed by atoms with Crippen molar-refractivity contribution in [3.8, 4) is 10.7 Å². The summed E-state index contributed by atoms with van der Waals surface area (Å²) in [5.41, 5.74) is 0.973. The number of carbonyl (C=O) groups excluding carboxylic acids is 1. The molecule has 3 rings (SSSR count). The highest BCUT2D eigenvalue weighted by atomic mass is 32.1. The number of thiazole rings is 1. The topological polar surface area (TPSA) is 79.2 Å². The molecular weight excluding hydrogens is 351 g/mol. The molecule has 24 heavy (non-hydrogen) atoms. The zero-order chi connectivity index (χ0) is 17.3. The molecule has 2 aromatic heterocycles. The molecular formula is C15H13FN4O2S2. The summed E-state index contributed by atoms with van der Waals surface area (Å²) in [6, 6.07) is 5.35. The van der Waals surface area contributed by atoms with Gasteiger partial charge in [0.1, 0.15) is 22.6 Å². The van der Waals surface area contributed by atoms with Crippen molar-refractivity contribution in [2.45, 2.75) is 13.0 Å². The molecule has 1 aromatic carbocycles. The Morgan fingerprint density at radius 1 is 1.29 bits per heavy atom. The van der Waals surface area contributed by atoms with E-state index >= 15 is 0 Å². The molecule has 3 aromatic rings. The van der Waals surface area contributed by atoms with Crippen LogP contribution in [0, 0.1) is 5.82 Å². The molecule has 1 atom stereocenters. The van der Waals surface area contributed by atoms with Crippen molar-refractivity contribution in [3.05, 3.63) is 46.0 Å². The molecule has 1 amide bonds. The van der Waals surface area contributed by atoms with Gasteiger partial charge in [-0.2, -0.15) is 0 Å². The highest BCUT2D eigenvalue weighted by molar-refractivity contribution is 7.16. The van der Waals surface area contributed by atoms with Crippen molar-refractivity contribution in [1.29, 1.82) is 0 Å². The van der Waals surface area contributed by atoms with Crippen molar-refractivity contribution >= 4 is 33.7 Å². The van der Waals surface area contributed by atoms with Gasteiger partial charge in [0, 0.05) is 18.0 Å². The molecule has 2 heterocycles. The first kappa shape index (κ1) is 16.6. The van der Waals surface area contributed by atoms with Gasteiger partial charge in [0.2, 0.25) is 0 Å². The van der Waals surface area contributed by atoms with Gasteiger partial charge in [0.05, 0.1) is 0 Å². The number of aliphatic hydroxyl groups is 1. The number of anilines is 1. The highest BCUT2D eigenvalue weighted by Crippen LogP contribution is 2.31. The normalized spacial score (nSPS) is 12.2. The Balaban J connectivity index is 1.81. The second-order valence-electron chi connectivity index (χ2n) is 5.01. The number of nitrogens with zero attached hydrogens (tertiary/aromatic N) is 4. The molecule has 0 saturated heterocycles. The predicted octanol–water partition coefficient (Wildman–Crippen LogP) is 3.13. The number of carbonyl (C=O) groups is 1. The van der Waals surface area contributed by atoms with E-state index in [0.29, 0.717) is 26.4 Å². The maximum atomic E-state index is 13.0. The summed E-state index contributed by atoms with van der Waals surface area (Å²) in [4.78, 5) is 18.2. The summed E-state index contributed by atoms with van der Waals surface area (Å²) in [6.07, 6.45) is -0.683. The van der Waals surface area contributed by atoms with E-state index in [1.165, 1.54) is 51.8 Å². The van der Waals surface area contributed by atoms with Crippen LogP contribution in [0.5, 0.6) is 0 Å². The average molecular weight is 364 g/mol. The molecule has 0 saturated carbocycles. The summed E-state index contributed by atoms with van der Waals surface area (Å²) in [6.45, 7) is 1.62. The quantitative estimate of drug-likeness (QED) is 0.769. The number of aromatic nitrogens is 3. The van der Waals surface area contributed by atoms with Crippen LogP contribution < -0.4 is 4.90 Å². The van der Waals surface area contributed by atoms with E-state index in [9.17, 15) is 14.3 Å². The van der Waals surface area contributed by atoms with E-state index in [1.54, 1.807) is 19.4 Å². The monoisotopic (exact) mass is 364 g/mol. The molecule has 0 unspecified atom stereocenters. The van der Waals surface area contributed by atoms with Gasteiger partial charge in [-0.05, 0) is 31.2 Å². The number of halogens is 1. The first-order valence-electron chi connectivity index (χ1n) is 6.96. The van der Waals surface area contributed by atoms with Gasteiger partial charge >= 0.3 is 0 Å². The van der Waals surface area contributed by atoms with Crippen LogP contribution in [0.15, 0.2) is 29.6 Å². The van der Waals surface area contributed by atoms with Gasteiger partial charge in [0.15, 0.2) is 10.1 Å². The summed E-state index contributed by atoms with van der Waals surface area (Å²) < 4.78 is 13.0. The number of rotatable bonds is 4. The van der Waals surface area contributed by atoms with Gasteiger partial charge in [-0.25, -0.2) is 9.37 Å². The lowest BCUT2D eigenvalue weighted by Crippen LogP contribution is -2.26. The minimum atomic E-state index is -0.683. The zero-order valence-electron chi connectivity index (χ0n) is 12.8. The molecule has 0 spiro atoms. The third-order valence-corrected chi connectivity index (χ3v) is 5.23. The summed E-state index contributed by atoms with van der Waals surface area (Å²) in [5.74, 6) is -0.672. The largest absolute Gasteiger partial charge is 0.386 e. The third kappa shape index (κ3) is 3.32. The minimum Gasteiger partial charge on any atom is -0.386 e. The second-order valence-corrected chi connectivity index (χ2v) is 6.85. The number of amides is 1. The van der Waals surface area contributed by atoms with Gasteiger partial charge in [-0.3, -0.25) is 9.69 Å². The van der Waals surface area contributed by atoms with E-state index in [2.05, 4.69) is 15.2 Å². The molecule has 0 radical (unpaired) electrons. The van der Waals surface area contributed by atoms with Crippen LogP contribution in [-0.2, 0) is 0 Å². The minimum absolute atomic E-state index is 0.280. The van der Waals surface area contributed by atoms with Gasteiger partial charge in [-0.1, -0.05) is 11.3 Å². The SMILES string of the molecule is C[C@H](O)c1nnc(-c2csc(N(C)C(=O)c3ccc(F)cc3)n2)s1. The first-order chi connectivity index (χ1) is 11.5. The predicted molar refractivity (Wildman–Crippen MR) is 90.8 cm³/mol. The van der Waals surface area contributed by atoms with E-state index in [-0.39, 0.29) is 5.91 Å². The molecule has 0 aliphatic heterocycles. The van der Waals surface area contributed by atoms with Crippen LogP contribution >= 0.6 is 22.7 Å². The Morgan fingerprint density at radius 3 is 2.62 bits per heavy atom. The first-order valence-corrected chi connectivity index (χ1v) is 8.66.